The van der Waals surface area contributed by atoms with Crippen LogP contribution in [-0.2, 0) is 27.3 Å². The van der Waals surface area contributed by atoms with Crippen molar-refractivity contribution in [2.24, 2.45) is 0 Å². The number of thiophene rings is 1. The molecule has 0 saturated heterocycles. The Hall–Kier alpha value is -4.23. The Morgan fingerprint density at radius 1 is 0.833 bits per heavy atom. The molecule has 0 bridgehead atoms. The minimum atomic E-state index is -0.881. The summed E-state index contributed by atoms with van der Waals surface area (Å²) < 4.78 is 0. The van der Waals surface area contributed by atoms with Crippen molar-refractivity contribution >= 4 is 40.4 Å². The minimum Gasteiger partial charge on any atom is -0.350 e. The number of anilines is 2. The summed E-state index contributed by atoms with van der Waals surface area (Å²) in [5, 5.41) is 7.68. The van der Waals surface area contributed by atoms with Crippen molar-refractivity contribution in [2.75, 3.05) is 10.2 Å². The highest BCUT2D eigenvalue weighted by atomic mass is 32.1. The molecule has 6 nitrogen and oxygen atoms in total. The van der Waals surface area contributed by atoms with Gasteiger partial charge in [-0.1, -0.05) is 66.7 Å². The summed E-state index contributed by atoms with van der Waals surface area (Å²) in [5.74, 6) is -0.667. The number of nitrogens with one attached hydrogen (secondary N) is 2. The molecule has 1 aromatic heterocycles. The average molecular weight is 498 g/mol. The summed E-state index contributed by atoms with van der Waals surface area (Å²) in [5.41, 5.74) is 2.85. The van der Waals surface area contributed by atoms with E-state index in [4.69, 9.17) is 0 Å². The highest BCUT2D eigenvalue weighted by molar-refractivity contribution is 7.10. The Morgan fingerprint density at radius 2 is 1.50 bits per heavy atom. The van der Waals surface area contributed by atoms with E-state index in [9.17, 15) is 14.4 Å². The van der Waals surface area contributed by atoms with Gasteiger partial charge in [0.2, 0.25) is 17.7 Å². The summed E-state index contributed by atoms with van der Waals surface area (Å²) >= 11 is 1.50. The monoisotopic (exact) mass is 497 g/mol. The first-order valence-electron chi connectivity index (χ1n) is 11.6. The second-order valence-corrected chi connectivity index (χ2v) is 9.30. The second kappa shape index (κ2) is 12.0. The maximum Gasteiger partial charge on any atom is 0.248 e. The van der Waals surface area contributed by atoms with Crippen LogP contribution in [0.4, 0.5) is 11.4 Å². The summed E-state index contributed by atoms with van der Waals surface area (Å²) in [4.78, 5) is 41.4. The van der Waals surface area contributed by atoms with E-state index >= 15 is 0 Å². The fourth-order valence-corrected chi connectivity index (χ4v) is 4.62. The Bertz CT molecular complexity index is 1290. The maximum absolute atomic E-state index is 13.8. The molecule has 0 spiro atoms. The molecule has 182 valence electrons. The molecule has 0 radical (unpaired) electrons. The quantitative estimate of drug-likeness (QED) is 0.328. The number of hydrogen-bond acceptors (Lipinski definition) is 4. The number of rotatable bonds is 9. The molecule has 3 amide bonds. The van der Waals surface area contributed by atoms with Crippen LogP contribution >= 0.6 is 11.3 Å². The highest BCUT2D eigenvalue weighted by Gasteiger charge is 2.32. The fourth-order valence-electron chi connectivity index (χ4n) is 3.93. The summed E-state index contributed by atoms with van der Waals surface area (Å²) in [6, 6.07) is 28.8. The molecule has 0 fully saturated rings. The molecule has 1 heterocycles. The van der Waals surface area contributed by atoms with Gasteiger partial charge in [-0.05, 0) is 46.8 Å². The highest BCUT2D eigenvalue weighted by Crippen LogP contribution is 2.30. The molecule has 1 atom stereocenters. The summed E-state index contributed by atoms with van der Waals surface area (Å²) in [7, 11) is 0. The van der Waals surface area contributed by atoms with Gasteiger partial charge in [-0.25, -0.2) is 0 Å². The Balaban J connectivity index is 1.71. The maximum atomic E-state index is 13.8. The lowest BCUT2D eigenvalue weighted by Crippen LogP contribution is -2.44. The van der Waals surface area contributed by atoms with Crippen molar-refractivity contribution in [3.05, 3.63) is 118 Å². The number of benzene rings is 3. The summed E-state index contributed by atoms with van der Waals surface area (Å²) in [6.45, 7) is 1.78. The Kier molecular flexibility index (Phi) is 8.26. The molecule has 0 saturated carbocycles. The predicted molar refractivity (Wildman–Crippen MR) is 144 cm³/mol. The molecule has 0 aliphatic heterocycles. The van der Waals surface area contributed by atoms with Gasteiger partial charge in [0.15, 0.2) is 0 Å². The van der Waals surface area contributed by atoms with Crippen LogP contribution in [0.1, 0.15) is 29.0 Å². The van der Waals surface area contributed by atoms with Crippen molar-refractivity contribution in [1.82, 2.24) is 5.32 Å². The third-order valence-electron chi connectivity index (χ3n) is 5.57. The van der Waals surface area contributed by atoms with Gasteiger partial charge < -0.3 is 10.6 Å². The lowest BCUT2D eigenvalue weighted by Gasteiger charge is -2.31. The van der Waals surface area contributed by atoms with Crippen LogP contribution in [0.2, 0.25) is 0 Å². The van der Waals surface area contributed by atoms with Crippen molar-refractivity contribution in [3.63, 3.8) is 0 Å². The largest absolute Gasteiger partial charge is 0.350 e. The van der Waals surface area contributed by atoms with Crippen LogP contribution in [0.25, 0.3) is 0 Å². The topological polar surface area (TPSA) is 78.5 Å². The number of carbonyl (C=O) groups excluding carboxylic acids is 3. The number of nitrogens with zero attached hydrogens (tertiary/aromatic N) is 1. The van der Waals surface area contributed by atoms with Gasteiger partial charge in [0.25, 0.3) is 0 Å². The van der Waals surface area contributed by atoms with Crippen molar-refractivity contribution in [3.8, 4) is 0 Å². The lowest BCUT2D eigenvalue weighted by molar-refractivity contribution is -0.126. The van der Waals surface area contributed by atoms with E-state index in [0.29, 0.717) is 23.5 Å². The fraction of sp³-hybridized carbons (Fsp3) is 0.138. The van der Waals surface area contributed by atoms with E-state index < -0.39 is 6.04 Å². The van der Waals surface area contributed by atoms with Crippen LogP contribution in [0.15, 0.2) is 102 Å². The van der Waals surface area contributed by atoms with Gasteiger partial charge in [-0.3, -0.25) is 19.3 Å². The zero-order valence-corrected chi connectivity index (χ0v) is 20.7. The van der Waals surface area contributed by atoms with Crippen molar-refractivity contribution in [2.45, 2.75) is 25.9 Å². The second-order valence-electron chi connectivity index (χ2n) is 8.26. The molecule has 36 heavy (non-hydrogen) atoms. The molecule has 4 rings (SSSR count). The third-order valence-corrected chi connectivity index (χ3v) is 6.45. The zero-order chi connectivity index (χ0) is 25.3. The van der Waals surface area contributed by atoms with Gasteiger partial charge in [-0.2, -0.15) is 0 Å². The van der Waals surface area contributed by atoms with E-state index in [2.05, 4.69) is 10.6 Å². The molecular weight excluding hydrogens is 470 g/mol. The average Bonchev–Trinajstić information content (AvgIpc) is 3.40. The zero-order valence-electron chi connectivity index (χ0n) is 19.9. The van der Waals surface area contributed by atoms with Gasteiger partial charge in [-0.15, -0.1) is 11.3 Å². The molecule has 0 unspecified atom stereocenters. The smallest absolute Gasteiger partial charge is 0.248 e. The SMILES string of the molecule is CC(=O)Nc1ccc(N(C(=O)Cc2cccs2)[C@@H](C(=O)NCc2ccccc2)c2ccccc2)cc1. The van der Waals surface area contributed by atoms with Gasteiger partial charge in [0.1, 0.15) is 6.04 Å². The van der Waals surface area contributed by atoms with Gasteiger partial charge >= 0.3 is 0 Å². The van der Waals surface area contributed by atoms with Crippen LogP contribution in [0.5, 0.6) is 0 Å². The normalized spacial score (nSPS) is 11.4. The van der Waals surface area contributed by atoms with E-state index in [0.717, 1.165) is 10.4 Å². The number of hydrogen-bond donors (Lipinski definition) is 2. The van der Waals surface area contributed by atoms with Crippen molar-refractivity contribution < 1.29 is 14.4 Å². The first kappa shape index (κ1) is 24.9. The molecule has 4 aromatic rings. The molecule has 7 heteroatoms. The Labute approximate surface area is 214 Å². The van der Waals surface area contributed by atoms with Gasteiger partial charge in [0, 0.05) is 29.7 Å². The Morgan fingerprint density at radius 3 is 2.11 bits per heavy atom. The minimum absolute atomic E-state index is 0.167. The number of carbonyl (C=O) groups is 3. The molecule has 0 aliphatic carbocycles. The summed E-state index contributed by atoms with van der Waals surface area (Å²) in [6.07, 6.45) is 0.167. The molecule has 3 aromatic carbocycles. The van der Waals surface area contributed by atoms with E-state index in [1.54, 1.807) is 29.2 Å². The van der Waals surface area contributed by atoms with Crippen LogP contribution < -0.4 is 15.5 Å². The van der Waals surface area contributed by atoms with Crippen LogP contribution in [0, 0.1) is 0 Å². The molecule has 0 aliphatic rings. The molecule has 2 N–H and O–H groups in total. The standard InChI is InChI=1S/C29H27N3O3S/c1-21(33)31-24-14-16-25(17-15-24)32(27(34)19-26-13-8-18-36-26)28(23-11-6-3-7-12-23)29(35)30-20-22-9-4-2-5-10-22/h2-18,28H,19-20H2,1H3,(H,30,35)(H,31,33)/t28-/m1/s1. The molecular formula is C29H27N3O3S. The first-order valence-corrected chi connectivity index (χ1v) is 12.5. The van der Waals surface area contributed by atoms with Gasteiger partial charge in [0.05, 0.1) is 6.42 Å². The third kappa shape index (κ3) is 6.46. The predicted octanol–water partition coefficient (Wildman–Crippen LogP) is 5.34. The van der Waals surface area contributed by atoms with Crippen LogP contribution in [0.3, 0.4) is 0 Å². The van der Waals surface area contributed by atoms with E-state index in [1.165, 1.54) is 18.3 Å². The first-order chi connectivity index (χ1) is 17.5. The van der Waals surface area contributed by atoms with Crippen molar-refractivity contribution in [1.29, 1.82) is 0 Å². The van der Waals surface area contributed by atoms with Crippen LogP contribution in [-0.4, -0.2) is 17.7 Å². The lowest BCUT2D eigenvalue weighted by atomic mass is 10.0. The van der Waals surface area contributed by atoms with E-state index in [-0.39, 0.29) is 24.1 Å². The van der Waals surface area contributed by atoms with E-state index in [1.807, 2.05) is 78.2 Å². The number of amides is 3.